The van der Waals surface area contributed by atoms with Crippen LogP contribution < -0.4 is 9.64 Å². The highest BCUT2D eigenvalue weighted by atomic mass is 79.9. The maximum absolute atomic E-state index is 5.94. The highest BCUT2D eigenvalue weighted by Crippen LogP contribution is 2.32. The zero-order valence-corrected chi connectivity index (χ0v) is 13.3. The molecule has 0 bridgehead atoms. The van der Waals surface area contributed by atoms with Crippen molar-refractivity contribution >= 4 is 26.7 Å². The van der Waals surface area contributed by atoms with Gasteiger partial charge in [-0.3, -0.25) is 0 Å². The minimum Gasteiger partial charge on any atom is -0.492 e. The molecular weight excluding hydrogens is 314 g/mol. The Labute approximate surface area is 128 Å². The van der Waals surface area contributed by atoms with Crippen LogP contribution in [0.4, 0.5) is 0 Å². The van der Waals surface area contributed by atoms with Gasteiger partial charge in [-0.05, 0) is 32.8 Å². The van der Waals surface area contributed by atoms with Crippen LogP contribution in [0.1, 0.15) is 19.3 Å². The lowest BCUT2D eigenvalue weighted by Crippen LogP contribution is -3.10. The summed E-state index contributed by atoms with van der Waals surface area (Å²) < 4.78 is 7.02. The van der Waals surface area contributed by atoms with E-state index in [-0.39, 0.29) is 0 Å². The summed E-state index contributed by atoms with van der Waals surface area (Å²) in [5.41, 5.74) is 0. The van der Waals surface area contributed by atoms with Gasteiger partial charge in [-0.2, -0.15) is 0 Å². The van der Waals surface area contributed by atoms with E-state index < -0.39 is 0 Å². The molecule has 0 amide bonds. The molecule has 1 aliphatic rings. The number of quaternary nitrogens is 1. The van der Waals surface area contributed by atoms with Crippen LogP contribution in [-0.2, 0) is 0 Å². The summed E-state index contributed by atoms with van der Waals surface area (Å²) in [6, 6.07) is 12.6. The molecule has 3 rings (SSSR count). The van der Waals surface area contributed by atoms with Gasteiger partial charge in [0, 0.05) is 19.3 Å². The topological polar surface area (TPSA) is 13.7 Å². The lowest BCUT2D eigenvalue weighted by molar-refractivity contribution is -0.887. The van der Waals surface area contributed by atoms with Crippen molar-refractivity contribution in [3.05, 3.63) is 40.9 Å². The number of hydrogen-bond acceptors (Lipinski definition) is 1. The number of nitrogens with one attached hydrogen (secondary N) is 1. The highest BCUT2D eigenvalue weighted by Gasteiger charge is 2.14. The van der Waals surface area contributed by atoms with Crippen LogP contribution in [0.25, 0.3) is 10.8 Å². The summed E-state index contributed by atoms with van der Waals surface area (Å²) in [5, 5.41) is 2.46. The summed E-state index contributed by atoms with van der Waals surface area (Å²) >= 11 is 3.67. The van der Waals surface area contributed by atoms with Gasteiger partial charge in [-0.25, -0.2) is 0 Å². The van der Waals surface area contributed by atoms with Gasteiger partial charge >= 0.3 is 0 Å². The van der Waals surface area contributed by atoms with Crippen molar-refractivity contribution in [1.82, 2.24) is 0 Å². The van der Waals surface area contributed by atoms with E-state index >= 15 is 0 Å². The molecular formula is C17H21BrNO+. The molecule has 0 spiro atoms. The third-order valence-electron chi connectivity index (χ3n) is 4.07. The zero-order chi connectivity index (χ0) is 13.8. The van der Waals surface area contributed by atoms with Crippen LogP contribution in [0.2, 0.25) is 0 Å². The fourth-order valence-electron chi connectivity index (χ4n) is 2.95. The lowest BCUT2D eigenvalue weighted by atomic mass is 10.1. The Kier molecular flexibility index (Phi) is 4.58. The molecule has 0 atom stereocenters. The molecule has 0 aliphatic carbocycles. The van der Waals surface area contributed by atoms with Crippen molar-refractivity contribution in [2.75, 3.05) is 26.2 Å². The molecule has 2 nitrogen and oxygen atoms in total. The van der Waals surface area contributed by atoms with Gasteiger partial charge in [-0.1, -0.05) is 30.3 Å². The number of ether oxygens (including phenoxy) is 1. The SMILES string of the molecule is Brc1c(OCCC[NH+]2CCCC2)ccc2ccccc12. The third-order valence-corrected chi connectivity index (χ3v) is 4.89. The molecule has 1 N–H and O–H groups in total. The first-order valence-electron chi connectivity index (χ1n) is 7.48. The second-order valence-corrected chi connectivity index (χ2v) is 6.30. The molecule has 106 valence electrons. The quantitative estimate of drug-likeness (QED) is 0.829. The Morgan fingerprint density at radius 1 is 1.05 bits per heavy atom. The normalized spacial score (nSPS) is 15.8. The third kappa shape index (κ3) is 3.15. The summed E-state index contributed by atoms with van der Waals surface area (Å²) in [4.78, 5) is 1.74. The van der Waals surface area contributed by atoms with Gasteiger partial charge in [0.15, 0.2) is 0 Å². The average molecular weight is 335 g/mol. The fourth-order valence-corrected chi connectivity index (χ4v) is 3.56. The van der Waals surface area contributed by atoms with Crippen LogP contribution in [-0.4, -0.2) is 26.2 Å². The van der Waals surface area contributed by atoms with E-state index in [2.05, 4.69) is 52.3 Å². The van der Waals surface area contributed by atoms with E-state index in [4.69, 9.17) is 4.74 Å². The predicted octanol–water partition coefficient (Wildman–Crippen LogP) is 3.05. The van der Waals surface area contributed by atoms with E-state index in [1.54, 1.807) is 4.90 Å². The highest BCUT2D eigenvalue weighted by molar-refractivity contribution is 9.10. The average Bonchev–Trinajstić information content (AvgIpc) is 2.99. The Balaban J connectivity index is 1.58. The Morgan fingerprint density at radius 2 is 1.85 bits per heavy atom. The second kappa shape index (κ2) is 6.59. The number of fused-ring (bicyclic) bond motifs is 1. The Bertz CT molecular complexity index is 578. The van der Waals surface area contributed by atoms with Crippen molar-refractivity contribution in [1.29, 1.82) is 0 Å². The van der Waals surface area contributed by atoms with Gasteiger partial charge in [0.05, 0.1) is 30.7 Å². The Hall–Kier alpha value is -1.06. The van der Waals surface area contributed by atoms with E-state index in [0.717, 1.165) is 23.2 Å². The molecule has 0 radical (unpaired) electrons. The van der Waals surface area contributed by atoms with E-state index in [0.29, 0.717) is 0 Å². The van der Waals surface area contributed by atoms with Crippen LogP contribution in [0.3, 0.4) is 0 Å². The van der Waals surface area contributed by atoms with Crippen molar-refractivity contribution in [2.24, 2.45) is 0 Å². The summed E-state index contributed by atoms with van der Waals surface area (Å²) in [6.45, 7) is 4.74. The standard InChI is InChI=1S/C17H20BrNO/c18-17-15-7-2-1-6-14(15)8-9-16(17)20-13-5-12-19-10-3-4-11-19/h1-2,6-9H,3-5,10-13H2/p+1. The van der Waals surface area contributed by atoms with Crippen molar-refractivity contribution in [2.45, 2.75) is 19.3 Å². The fraction of sp³-hybridized carbons (Fsp3) is 0.412. The number of likely N-dealkylation sites (tertiary alicyclic amines) is 1. The molecule has 1 fully saturated rings. The molecule has 0 saturated carbocycles. The van der Waals surface area contributed by atoms with Crippen molar-refractivity contribution < 1.29 is 9.64 Å². The molecule has 2 aromatic rings. The molecule has 1 heterocycles. The van der Waals surface area contributed by atoms with Gasteiger partial charge in [0.1, 0.15) is 5.75 Å². The molecule has 20 heavy (non-hydrogen) atoms. The first-order valence-corrected chi connectivity index (χ1v) is 8.27. The molecule has 2 aromatic carbocycles. The number of halogens is 1. The van der Waals surface area contributed by atoms with Crippen LogP contribution in [0.5, 0.6) is 5.75 Å². The van der Waals surface area contributed by atoms with Gasteiger partial charge in [0.25, 0.3) is 0 Å². The minimum atomic E-state index is 0.806. The van der Waals surface area contributed by atoms with Gasteiger partial charge < -0.3 is 9.64 Å². The maximum atomic E-state index is 5.94. The molecule has 1 aliphatic heterocycles. The first kappa shape index (κ1) is 13.9. The smallest absolute Gasteiger partial charge is 0.134 e. The Morgan fingerprint density at radius 3 is 2.70 bits per heavy atom. The number of hydrogen-bond donors (Lipinski definition) is 1. The predicted molar refractivity (Wildman–Crippen MR) is 86.6 cm³/mol. The second-order valence-electron chi connectivity index (χ2n) is 5.51. The van der Waals surface area contributed by atoms with Crippen LogP contribution >= 0.6 is 15.9 Å². The molecule has 0 unspecified atom stereocenters. The van der Waals surface area contributed by atoms with Crippen LogP contribution in [0.15, 0.2) is 40.9 Å². The zero-order valence-electron chi connectivity index (χ0n) is 11.7. The summed E-state index contributed by atoms with van der Waals surface area (Å²) in [5.74, 6) is 0.958. The minimum absolute atomic E-state index is 0.806. The molecule has 1 saturated heterocycles. The van der Waals surface area contributed by atoms with E-state index in [1.807, 2.05) is 0 Å². The first-order chi connectivity index (χ1) is 9.84. The molecule has 3 heteroatoms. The van der Waals surface area contributed by atoms with Gasteiger partial charge in [0.2, 0.25) is 0 Å². The van der Waals surface area contributed by atoms with E-state index in [9.17, 15) is 0 Å². The summed E-state index contributed by atoms with van der Waals surface area (Å²) in [7, 11) is 0. The lowest BCUT2D eigenvalue weighted by Gasteiger charge is -2.13. The largest absolute Gasteiger partial charge is 0.492 e. The summed E-state index contributed by atoms with van der Waals surface area (Å²) in [6.07, 6.45) is 3.92. The number of rotatable bonds is 5. The van der Waals surface area contributed by atoms with Crippen molar-refractivity contribution in [3.63, 3.8) is 0 Å². The molecule has 0 aromatic heterocycles. The maximum Gasteiger partial charge on any atom is 0.134 e. The number of benzene rings is 2. The van der Waals surface area contributed by atoms with Gasteiger partial charge in [-0.15, -0.1) is 0 Å². The van der Waals surface area contributed by atoms with Crippen LogP contribution in [0, 0.1) is 0 Å². The monoisotopic (exact) mass is 334 g/mol. The van der Waals surface area contributed by atoms with Crippen molar-refractivity contribution in [3.8, 4) is 5.75 Å². The van der Waals surface area contributed by atoms with E-state index in [1.165, 1.54) is 43.2 Å².